The molecule has 0 radical (unpaired) electrons. The number of ether oxygens (including phenoxy) is 2. The van der Waals surface area contributed by atoms with Gasteiger partial charge in [0.15, 0.2) is 6.10 Å². The summed E-state index contributed by atoms with van der Waals surface area (Å²) in [7, 11) is 1.58. The zero-order valence-corrected chi connectivity index (χ0v) is 14.6. The highest BCUT2D eigenvalue weighted by Gasteiger charge is 2.23. The van der Waals surface area contributed by atoms with Crippen LogP contribution in [0.4, 0.5) is 0 Å². The monoisotopic (exact) mass is 328 g/mol. The van der Waals surface area contributed by atoms with Crippen LogP contribution in [0.25, 0.3) is 0 Å². The molecule has 2 aromatic carbocycles. The summed E-state index contributed by atoms with van der Waals surface area (Å²) in [6.07, 6.45) is -0.729. The first kappa shape index (κ1) is 17.9. The van der Waals surface area contributed by atoms with Gasteiger partial charge in [-0.05, 0) is 36.1 Å². The van der Waals surface area contributed by atoms with Gasteiger partial charge in [-0.25, -0.2) is 4.79 Å². The van der Waals surface area contributed by atoms with E-state index in [1.807, 2.05) is 49.4 Å². The molecule has 2 aromatic rings. The third-order valence-electron chi connectivity index (χ3n) is 3.93. The largest absolute Gasteiger partial charge is 0.496 e. The molecule has 2 rings (SSSR count). The second kappa shape index (κ2) is 7.86. The van der Waals surface area contributed by atoms with E-state index in [9.17, 15) is 9.90 Å². The minimum Gasteiger partial charge on any atom is -0.496 e. The van der Waals surface area contributed by atoms with Crippen molar-refractivity contribution in [3.63, 3.8) is 0 Å². The number of rotatable bonds is 7. The third-order valence-corrected chi connectivity index (χ3v) is 3.93. The lowest BCUT2D eigenvalue weighted by Gasteiger charge is -2.20. The van der Waals surface area contributed by atoms with Gasteiger partial charge in [0.05, 0.1) is 7.11 Å². The maximum atomic E-state index is 11.7. The molecule has 0 saturated heterocycles. The maximum absolute atomic E-state index is 11.7. The van der Waals surface area contributed by atoms with Crippen LogP contribution in [-0.2, 0) is 11.2 Å². The van der Waals surface area contributed by atoms with Crippen molar-refractivity contribution in [2.75, 3.05) is 7.11 Å². The lowest BCUT2D eigenvalue weighted by Crippen LogP contribution is -2.30. The van der Waals surface area contributed by atoms with Crippen LogP contribution in [0.5, 0.6) is 11.5 Å². The van der Waals surface area contributed by atoms with Crippen molar-refractivity contribution in [2.24, 2.45) is 0 Å². The Bertz CT molecular complexity index is 707. The van der Waals surface area contributed by atoms with Crippen LogP contribution in [-0.4, -0.2) is 24.3 Å². The number of methoxy groups -OCH3 is 1. The van der Waals surface area contributed by atoms with Gasteiger partial charge < -0.3 is 14.6 Å². The number of carboxylic acid groups (broad SMARTS) is 1. The van der Waals surface area contributed by atoms with E-state index >= 15 is 0 Å². The molecule has 0 amide bonds. The van der Waals surface area contributed by atoms with Gasteiger partial charge in [0, 0.05) is 6.42 Å². The van der Waals surface area contributed by atoms with Crippen molar-refractivity contribution in [3.8, 4) is 11.5 Å². The molecule has 0 aromatic heterocycles. The molecule has 0 saturated carbocycles. The van der Waals surface area contributed by atoms with Crippen LogP contribution < -0.4 is 9.47 Å². The highest BCUT2D eigenvalue weighted by atomic mass is 16.5. The summed E-state index contributed by atoms with van der Waals surface area (Å²) in [6, 6.07) is 13.3. The Morgan fingerprint density at radius 2 is 1.83 bits per heavy atom. The van der Waals surface area contributed by atoms with Crippen LogP contribution >= 0.6 is 0 Å². The van der Waals surface area contributed by atoms with Crippen molar-refractivity contribution in [1.29, 1.82) is 0 Å². The Kier molecular flexibility index (Phi) is 5.85. The van der Waals surface area contributed by atoms with Gasteiger partial charge in [-0.1, -0.05) is 49.7 Å². The van der Waals surface area contributed by atoms with Crippen molar-refractivity contribution in [3.05, 3.63) is 59.2 Å². The van der Waals surface area contributed by atoms with E-state index in [-0.39, 0.29) is 12.3 Å². The zero-order valence-electron chi connectivity index (χ0n) is 14.6. The molecular weight excluding hydrogens is 304 g/mol. The number of hydrogen-bond donors (Lipinski definition) is 1. The zero-order chi connectivity index (χ0) is 17.7. The molecular formula is C20H24O4. The smallest absolute Gasteiger partial charge is 0.345 e. The van der Waals surface area contributed by atoms with Gasteiger partial charge in [-0.3, -0.25) is 0 Å². The standard InChI is InChI=1S/C20H24O4/c1-13(2)16-7-5-6-8-18(16)24-19(20(21)22)12-15-11-14(3)9-10-17(15)23-4/h5-11,13,19H,12H2,1-4H3,(H,21,22)/t19-/m1/s1. The maximum Gasteiger partial charge on any atom is 0.345 e. The minimum absolute atomic E-state index is 0.243. The summed E-state index contributed by atoms with van der Waals surface area (Å²) < 4.78 is 11.2. The lowest BCUT2D eigenvalue weighted by molar-refractivity contribution is -0.145. The Morgan fingerprint density at radius 3 is 2.46 bits per heavy atom. The predicted molar refractivity (Wildman–Crippen MR) is 94.0 cm³/mol. The molecule has 1 N–H and O–H groups in total. The number of aryl methyl sites for hydroxylation is 1. The first-order chi connectivity index (χ1) is 11.4. The fraction of sp³-hybridized carbons (Fsp3) is 0.350. The molecule has 0 spiro atoms. The van der Waals surface area contributed by atoms with Gasteiger partial charge in [0.1, 0.15) is 11.5 Å². The van der Waals surface area contributed by atoms with E-state index in [1.165, 1.54) is 0 Å². The number of carboxylic acids is 1. The van der Waals surface area contributed by atoms with Crippen LogP contribution in [0.3, 0.4) is 0 Å². The first-order valence-corrected chi connectivity index (χ1v) is 8.04. The van der Waals surface area contributed by atoms with Crippen LogP contribution in [0.2, 0.25) is 0 Å². The summed E-state index contributed by atoms with van der Waals surface area (Å²) in [5, 5.41) is 9.59. The number of hydrogen-bond acceptors (Lipinski definition) is 3. The average Bonchev–Trinajstić information content (AvgIpc) is 2.54. The Morgan fingerprint density at radius 1 is 1.12 bits per heavy atom. The summed E-state index contributed by atoms with van der Waals surface area (Å²) in [4.78, 5) is 11.7. The Balaban J connectivity index is 2.29. The van der Waals surface area contributed by atoms with Crippen molar-refractivity contribution in [2.45, 2.75) is 39.2 Å². The number of carbonyl (C=O) groups is 1. The average molecular weight is 328 g/mol. The van der Waals surface area contributed by atoms with Gasteiger partial charge in [0.2, 0.25) is 0 Å². The van der Waals surface area contributed by atoms with E-state index in [4.69, 9.17) is 9.47 Å². The molecule has 1 atom stereocenters. The van der Waals surface area contributed by atoms with E-state index in [0.717, 1.165) is 16.7 Å². The molecule has 0 bridgehead atoms. The Labute approximate surface area is 143 Å². The third kappa shape index (κ3) is 4.28. The summed E-state index contributed by atoms with van der Waals surface area (Å²) in [5.41, 5.74) is 2.88. The van der Waals surface area contributed by atoms with Gasteiger partial charge in [-0.15, -0.1) is 0 Å². The summed E-state index contributed by atoms with van der Waals surface area (Å²) >= 11 is 0. The van der Waals surface area contributed by atoms with Gasteiger partial charge >= 0.3 is 5.97 Å². The molecule has 0 heterocycles. The molecule has 24 heavy (non-hydrogen) atoms. The SMILES string of the molecule is COc1ccc(C)cc1C[C@@H](Oc1ccccc1C(C)C)C(=O)O. The molecule has 128 valence electrons. The molecule has 0 aliphatic heterocycles. The van der Waals surface area contributed by atoms with Gasteiger partial charge in [-0.2, -0.15) is 0 Å². The predicted octanol–water partition coefficient (Wildman–Crippen LogP) is 4.20. The number of aliphatic carboxylic acids is 1. The molecule has 0 fully saturated rings. The normalized spacial score (nSPS) is 12.0. The second-order valence-corrected chi connectivity index (χ2v) is 6.16. The molecule has 4 nitrogen and oxygen atoms in total. The fourth-order valence-electron chi connectivity index (χ4n) is 2.66. The molecule has 0 unspecified atom stereocenters. The quantitative estimate of drug-likeness (QED) is 0.827. The van der Waals surface area contributed by atoms with Crippen molar-refractivity contribution < 1.29 is 19.4 Å². The lowest BCUT2D eigenvalue weighted by atomic mass is 10.0. The molecule has 4 heteroatoms. The topological polar surface area (TPSA) is 55.8 Å². The van der Waals surface area contributed by atoms with Crippen LogP contribution in [0.15, 0.2) is 42.5 Å². The Hall–Kier alpha value is -2.49. The highest BCUT2D eigenvalue weighted by molar-refractivity contribution is 5.73. The highest BCUT2D eigenvalue weighted by Crippen LogP contribution is 2.28. The number of benzene rings is 2. The van der Waals surface area contributed by atoms with Crippen LogP contribution in [0.1, 0.15) is 36.5 Å². The van der Waals surface area contributed by atoms with E-state index in [0.29, 0.717) is 11.5 Å². The van der Waals surface area contributed by atoms with Crippen LogP contribution in [0, 0.1) is 6.92 Å². The second-order valence-electron chi connectivity index (χ2n) is 6.16. The van der Waals surface area contributed by atoms with Gasteiger partial charge in [0.25, 0.3) is 0 Å². The van der Waals surface area contributed by atoms with E-state index in [2.05, 4.69) is 13.8 Å². The van der Waals surface area contributed by atoms with E-state index in [1.54, 1.807) is 7.11 Å². The summed E-state index contributed by atoms with van der Waals surface area (Å²) in [6.45, 7) is 6.08. The van der Waals surface area contributed by atoms with E-state index < -0.39 is 12.1 Å². The summed E-state index contributed by atoms with van der Waals surface area (Å²) in [5.74, 6) is 0.556. The molecule has 0 aliphatic rings. The van der Waals surface area contributed by atoms with Crippen molar-refractivity contribution in [1.82, 2.24) is 0 Å². The fourth-order valence-corrected chi connectivity index (χ4v) is 2.66. The minimum atomic E-state index is -0.989. The number of para-hydroxylation sites is 1. The molecule has 0 aliphatic carbocycles. The van der Waals surface area contributed by atoms with Crippen molar-refractivity contribution >= 4 is 5.97 Å². The first-order valence-electron chi connectivity index (χ1n) is 8.04.